The Labute approximate surface area is 105 Å². The summed E-state index contributed by atoms with van der Waals surface area (Å²) >= 11 is 0. The van der Waals surface area contributed by atoms with Gasteiger partial charge in [0.15, 0.2) is 0 Å². The van der Waals surface area contributed by atoms with Gasteiger partial charge in [-0.15, -0.1) is 0 Å². The molecule has 0 aliphatic heterocycles. The van der Waals surface area contributed by atoms with Crippen molar-refractivity contribution in [3.05, 3.63) is 23.8 Å². The molecule has 0 amide bonds. The van der Waals surface area contributed by atoms with Crippen LogP contribution in [0.2, 0.25) is 0 Å². The minimum absolute atomic E-state index is 0.120. The third-order valence-electron chi connectivity index (χ3n) is 3.62. The summed E-state index contributed by atoms with van der Waals surface area (Å²) in [5, 5.41) is 0. The van der Waals surface area contributed by atoms with Gasteiger partial charge in [-0.25, -0.2) is 0 Å². The molecule has 2 N–H and O–H groups in total. The van der Waals surface area contributed by atoms with Gasteiger partial charge in [-0.05, 0) is 43.9 Å². The largest absolute Gasteiger partial charge is 0.418 e. The van der Waals surface area contributed by atoms with Crippen LogP contribution in [0.1, 0.15) is 25.3 Å². The molecule has 0 radical (unpaired) electrons. The predicted molar refractivity (Wildman–Crippen MR) is 66.4 cm³/mol. The molecule has 0 saturated heterocycles. The van der Waals surface area contributed by atoms with Crippen LogP contribution in [0, 0.1) is 5.92 Å². The number of hydrogen-bond acceptors (Lipinski definition) is 2. The highest BCUT2D eigenvalue weighted by atomic mass is 19.4. The summed E-state index contributed by atoms with van der Waals surface area (Å²) in [7, 11) is 1.71. The molecule has 1 atom stereocenters. The van der Waals surface area contributed by atoms with E-state index < -0.39 is 11.7 Å². The maximum absolute atomic E-state index is 13.0. The van der Waals surface area contributed by atoms with E-state index in [1.165, 1.54) is 12.1 Å². The van der Waals surface area contributed by atoms with Crippen LogP contribution in [-0.2, 0) is 6.18 Å². The summed E-state index contributed by atoms with van der Waals surface area (Å²) in [5.74, 6) is 0.508. The molecule has 1 aliphatic rings. The first-order valence-corrected chi connectivity index (χ1v) is 6.00. The summed E-state index contributed by atoms with van der Waals surface area (Å²) in [6.45, 7) is 1.97. The molecule has 18 heavy (non-hydrogen) atoms. The SMILES string of the molecule is CC(C1CC1)N(C)c1ccc(N)cc1C(F)(F)F. The summed E-state index contributed by atoms with van der Waals surface area (Å²) in [5.41, 5.74) is 5.14. The highest BCUT2D eigenvalue weighted by molar-refractivity contribution is 5.61. The standard InChI is InChI=1S/C13H17F3N2/c1-8(9-3-4-9)18(2)12-6-5-10(17)7-11(12)13(14,15)16/h5-9H,3-4,17H2,1-2H3. The Morgan fingerprint density at radius 2 is 1.94 bits per heavy atom. The number of benzene rings is 1. The maximum Gasteiger partial charge on any atom is 0.418 e. The van der Waals surface area contributed by atoms with Gasteiger partial charge in [0.2, 0.25) is 0 Å². The molecule has 2 nitrogen and oxygen atoms in total. The van der Waals surface area contributed by atoms with Crippen LogP contribution >= 0.6 is 0 Å². The lowest BCUT2D eigenvalue weighted by molar-refractivity contribution is -0.137. The number of nitrogens with zero attached hydrogens (tertiary/aromatic N) is 1. The Morgan fingerprint density at radius 1 is 1.33 bits per heavy atom. The van der Waals surface area contributed by atoms with E-state index in [4.69, 9.17) is 5.73 Å². The zero-order valence-electron chi connectivity index (χ0n) is 10.5. The number of nitrogen functional groups attached to an aromatic ring is 1. The number of nitrogens with two attached hydrogens (primary N) is 1. The molecular weight excluding hydrogens is 241 g/mol. The van der Waals surface area contributed by atoms with Crippen LogP contribution in [0.15, 0.2) is 18.2 Å². The van der Waals surface area contributed by atoms with E-state index in [2.05, 4.69) is 0 Å². The van der Waals surface area contributed by atoms with Crippen LogP contribution in [0.25, 0.3) is 0 Å². The molecule has 0 spiro atoms. The molecule has 0 bridgehead atoms. The topological polar surface area (TPSA) is 29.3 Å². The monoisotopic (exact) mass is 258 g/mol. The van der Waals surface area contributed by atoms with E-state index in [9.17, 15) is 13.2 Å². The Balaban J connectivity index is 2.36. The molecule has 1 saturated carbocycles. The molecule has 0 heterocycles. The quantitative estimate of drug-likeness (QED) is 0.840. The Hall–Kier alpha value is -1.39. The van der Waals surface area contributed by atoms with Crippen molar-refractivity contribution in [2.24, 2.45) is 5.92 Å². The Morgan fingerprint density at radius 3 is 2.44 bits per heavy atom. The third-order valence-corrected chi connectivity index (χ3v) is 3.62. The van der Waals surface area contributed by atoms with Gasteiger partial charge in [-0.3, -0.25) is 0 Å². The fourth-order valence-corrected chi connectivity index (χ4v) is 2.20. The van der Waals surface area contributed by atoms with Crippen LogP contribution in [-0.4, -0.2) is 13.1 Å². The molecular formula is C13H17F3N2. The molecule has 2 rings (SSSR count). The van der Waals surface area contributed by atoms with Gasteiger partial charge in [-0.1, -0.05) is 0 Å². The molecule has 1 aliphatic carbocycles. The summed E-state index contributed by atoms with van der Waals surface area (Å²) < 4.78 is 39.0. The van der Waals surface area contributed by atoms with Crippen LogP contribution in [0.5, 0.6) is 0 Å². The van der Waals surface area contributed by atoms with Gasteiger partial charge in [0.25, 0.3) is 0 Å². The zero-order valence-corrected chi connectivity index (χ0v) is 10.5. The molecule has 1 aromatic rings. The summed E-state index contributed by atoms with van der Waals surface area (Å²) in [4.78, 5) is 1.71. The lowest BCUT2D eigenvalue weighted by atomic mass is 10.1. The van der Waals surface area contributed by atoms with Crippen molar-refractivity contribution in [2.75, 3.05) is 17.7 Å². The van der Waals surface area contributed by atoms with Gasteiger partial charge in [0, 0.05) is 24.5 Å². The van der Waals surface area contributed by atoms with E-state index >= 15 is 0 Å². The minimum atomic E-state index is -4.37. The number of alkyl halides is 3. The molecule has 100 valence electrons. The number of hydrogen-bond donors (Lipinski definition) is 1. The van der Waals surface area contributed by atoms with Crippen molar-refractivity contribution in [2.45, 2.75) is 32.0 Å². The van der Waals surface area contributed by atoms with Crippen molar-refractivity contribution in [3.63, 3.8) is 0 Å². The van der Waals surface area contributed by atoms with Crippen molar-refractivity contribution in [3.8, 4) is 0 Å². The van der Waals surface area contributed by atoms with Crippen LogP contribution in [0.4, 0.5) is 24.5 Å². The van der Waals surface area contributed by atoms with Crippen LogP contribution < -0.4 is 10.6 Å². The van der Waals surface area contributed by atoms with E-state index in [0.717, 1.165) is 18.9 Å². The number of rotatable bonds is 3. The number of halogens is 3. The normalized spacial score (nSPS) is 17.6. The molecule has 5 heteroatoms. The molecule has 1 unspecified atom stereocenters. The summed E-state index contributed by atoms with van der Waals surface area (Å²) in [6.07, 6.45) is -2.17. The Bertz CT molecular complexity index is 438. The van der Waals surface area contributed by atoms with E-state index in [1.54, 1.807) is 11.9 Å². The Kier molecular flexibility index (Phi) is 3.17. The van der Waals surface area contributed by atoms with Gasteiger partial charge in [0.1, 0.15) is 0 Å². The van der Waals surface area contributed by atoms with Crippen LogP contribution in [0.3, 0.4) is 0 Å². The zero-order chi connectivity index (χ0) is 13.5. The van der Waals surface area contributed by atoms with Crippen molar-refractivity contribution in [1.29, 1.82) is 0 Å². The minimum Gasteiger partial charge on any atom is -0.399 e. The highest BCUT2D eigenvalue weighted by Crippen LogP contribution is 2.41. The van der Waals surface area contributed by atoms with Gasteiger partial charge >= 0.3 is 6.18 Å². The average molecular weight is 258 g/mol. The lowest BCUT2D eigenvalue weighted by Gasteiger charge is -2.29. The fraction of sp³-hybridized carbons (Fsp3) is 0.538. The van der Waals surface area contributed by atoms with E-state index in [1.807, 2.05) is 6.92 Å². The molecule has 0 aromatic heterocycles. The predicted octanol–water partition coefficient (Wildman–Crippen LogP) is 3.52. The number of anilines is 2. The second-order valence-corrected chi connectivity index (χ2v) is 4.96. The van der Waals surface area contributed by atoms with Gasteiger partial charge in [-0.2, -0.15) is 13.2 Å². The maximum atomic E-state index is 13.0. The molecule has 1 aromatic carbocycles. The highest BCUT2D eigenvalue weighted by Gasteiger charge is 2.37. The van der Waals surface area contributed by atoms with Gasteiger partial charge < -0.3 is 10.6 Å². The molecule has 1 fully saturated rings. The second kappa shape index (κ2) is 4.37. The van der Waals surface area contributed by atoms with Gasteiger partial charge in [0.05, 0.1) is 5.56 Å². The first-order valence-electron chi connectivity index (χ1n) is 6.00. The smallest absolute Gasteiger partial charge is 0.399 e. The van der Waals surface area contributed by atoms with E-state index in [-0.39, 0.29) is 17.4 Å². The average Bonchev–Trinajstić information content (AvgIpc) is 3.09. The second-order valence-electron chi connectivity index (χ2n) is 4.96. The summed E-state index contributed by atoms with van der Waals surface area (Å²) in [6, 6.07) is 4.10. The van der Waals surface area contributed by atoms with Crippen molar-refractivity contribution >= 4 is 11.4 Å². The lowest BCUT2D eigenvalue weighted by Crippen LogP contribution is -2.32. The third kappa shape index (κ3) is 2.54. The fourth-order valence-electron chi connectivity index (χ4n) is 2.20. The van der Waals surface area contributed by atoms with E-state index in [0.29, 0.717) is 5.92 Å². The van der Waals surface area contributed by atoms with Crippen molar-refractivity contribution < 1.29 is 13.2 Å². The first kappa shape index (κ1) is 13.1. The van der Waals surface area contributed by atoms with Crippen molar-refractivity contribution in [1.82, 2.24) is 0 Å². The first-order chi connectivity index (χ1) is 8.30.